The Balaban J connectivity index is 2.03. The Morgan fingerprint density at radius 2 is 1.63 bits per heavy atom. The summed E-state index contributed by atoms with van der Waals surface area (Å²) in [6, 6.07) is 20.6. The van der Waals surface area contributed by atoms with E-state index in [1.807, 2.05) is 38.1 Å². The molecule has 3 rings (SSSR count). The fourth-order valence-corrected chi connectivity index (χ4v) is 4.49. The largest absolute Gasteiger partial charge is 0.495 e. The van der Waals surface area contributed by atoms with Crippen LogP contribution >= 0.6 is 0 Å². The first-order valence-electron chi connectivity index (χ1n) is 9.41. The van der Waals surface area contributed by atoms with Gasteiger partial charge in [0.15, 0.2) is 0 Å². The minimum absolute atomic E-state index is 0.0947. The molecule has 0 saturated carbocycles. The van der Waals surface area contributed by atoms with Crippen molar-refractivity contribution in [2.45, 2.75) is 18.7 Å². The molecule has 0 spiro atoms. The third-order valence-electron chi connectivity index (χ3n) is 4.64. The standard InChI is InChI=1S/C23H24N2O4S/c1-17-13-14-22(29-3)21(15-17)25(30(27,28)19-10-5-4-6-11-19)16-23(26)24-20-12-8-7-9-18(20)2/h4-15H,16H2,1-3H3,(H,24,26). The van der Waals surface area contributed by atoms with Crippen LogP contribution in [0.3, 0.4) is 0 Å². The molecule has 1 amide bonds. The van der Waals surface area contributed by atoms with Gasteiger partial charge in [0.1, 0.15) is 12.3 Å². The summed E-state index contributed by atoms with van der Waals surface area (Å²) in [5.74, 6) is -0.0869. The van der Waals surface area contributed by atoms with E-state index in [-0.39, 0.29) is 4.90 Å². The second-order valence-electron chi connectivity index (χ2n) is 6.86. The zero-order valence-electron chi connectivity index (χ0n) is 17.1. The summed E-state index contributed by atoms with van der Waals surface area (Å²) in [7, 11) is -2.54. The molecule has 7 heteroatoms. The summed E-state index contributed by atoms with van der Waals surface area (Å²) in [4.78, 5) is 12.9. The van der Waals surface area contributed by atoms with E-state index in [1.165, 1.54) is 19.2 Å². The lowest BCUT2D eigenvalue weighted by atomic mass is 10.2. The minimum atomic E-state index is -4.01. The number of rotatable bonds is 7. The maximum Gasteiger partial charge on any atom is 0.264 e. The number of hydrogen-bond acceptors (Lipinski definition) is 4. The van der Waals surface area contributed by atoms with Gasteiger partial charge in [0.05, 0.1) is 17.7 Å². The molecule has 0 bridgehead atoms. The van der Waals surface area contributed by atoms with Crippen molar-refractivity contribution in [3.63, 3.8) is 0 Å². The molecule has 0 atom stereocenters. The molecule has 0 saturated heterocycles. The molecular weight excluding hydrogens is 400 g/mol. The second kappa shape index (κ2) is 9.00. The van der Waals surface area contributed by atoms with E-state index in [0.29, 0.717) is 17.1 Å². The molecule has 0 aliphatic carbocycles. The smallest absolute Gasteiger partial charge is 0.264 e. The van der Waals surface area contributed by atoms with Crippen LogP contribution in [0.1, 0.15) is 11.1 Å². The predicted molar refractivity (Wildman–Crippen MR) is 119 cm³/mol. The number of aryl methyl sites for hydroxylation is 2. The third kappa shape index (κ3) is 4.63. The zero-order chi connectivity index (χ0) is 21.7. The average molecular weight is 425 g/mol. The molecule has 30 heavy (non-hydrogen) atoms. The van der Waals surface area contributed by atoms with Gasteiger partial charge in [0.2, 0.25) is 5.91 Å². The number of nitrogens with zero attached hydrogens (tertiary/aromatic N) is 1. The van der Waals surface area contributed by atoms with Crippen LogP contribution in [0.5, 0.6) is 5.75 Å². The molecule has 0 aliphatic rings. The number of benzene rings is 3. The van der Waals surface area contributed by atoms with Crippen LogP contribution in [-0.4, -0.2) is 28.0 Å². The van der Waals surface area contributed by atoms with Gasteiger partial charge in [-0.25, -0.2) is 8.42 Å². The van der Waals surface area contributed by atoms with Crippen molar-refractivity contribution in [2.75, 3.05) is 23.3 Å². The van der Waals surface area contributed by atoms with Gasteiger partial charge < -0.3 is 10.1 Å². The lowest BCUT2D eigenvalue weighted by Gasteiger charge is -2.26. The molecule has 0 unspecified atom stereocenters. The van der Waals surface area contributed by atoms with Crippen LogP contribution in [-0.2, 0) is 14.8 Å². The van der Waals surface area contributed by atoms with E-state index in [9.17, 15) is 13.2 Å². The Labute approximate surface area is 177 Å². The van der Waals surface area contributed by atoms with E-state index < -0.39 is 22.5 Å². The second-order valence-corrected chi connectivity index (χ2v) is 8.73. The van der Waals surface area contributed by atoms with Crippen molar-refractivity contribution in [1.82, 2.24) is 0 Å². The van der Waals surface area contributed by atoms with Gasteiger partial charge in [0.25, 0.3) is 10.0 Å². The van der Waals surface area contributed by atoms with E-state index in [2.05, 4.69) is 5.32 Å². The van der Waals surface area contributed by atoms with Crippen LogP contribution in [0.25, 0.3) is 0 Å². The van der Waals surface area contributed by atoms with Crippen LogP contribution in [0.2, 0.25) is 0 Å². The minimum Gasteiger partial charge on any atom is -0.495 e. The van der Waals surface area contributed by atoms with Crippen molar-refractivity contribution < 1.29 is 17.9 Å². The Bertz CT molecular complexity index is 1140. The molecule has 0 heterocycles. The summed E-state index contributed by atoms with van der Waals surface area (Å²) >= 11 is 0. The lowest BCUT2D eigenvalue weighted by Crippen LogP contribution is -2.38. The summed E-state index contributed by atoms with van der Waals surface area (Å²) in [6.45, 7) is 3.33. The van der Waals surface area contributed by atoms with Crippen molar-refractivity contribution in [3.8, 4) is 5.75 Å². The molecule has 0 radical (unpaired) electrons. The van der Waals surface area contributed by atoms with Crippen LogP contribution in [0.4, 0.5) is 11.4 Å². The number of sulfonamides is 1. The van der Waals surface area contributed by atoms with E-state index >= 15 is 0 Å². The first kappa shape index (κ1) is 21.4. The molecular formula is C23H24N2O4S. The highest BCUT2D eigenvalue weighted by molar-refractivity contribution is 7.92. The third-order valence-corrected chi connectivity index (χ3v) is 6.41. The number of methoxy groups -OCH3 is 1. The molecule has 6 nitrogen and oxygen atoms in total. The van der Waals surface area contributed by atoms with Crippen molar-refractivity contribution in [3.05, 3.63) is 83.9 Å². The fourth-order valence-electron chi connectivity index (χ4n) is 3.05. The molecule has 1 N–H and O–H groups in total. The Kier molecular flexibility index (Phi) is 6.42. The Morgan fingerprint density at radius 3 is 2.30 bits per heavy atom. The van der Waals surface area contributed by atoms with Gasteiger partial charge >= 0.3 is 0 Å². The normalized spacial score (nSPS) is 11.0. The fraction of sp³-hybridized carbons (Fsp3) is 0.174. The predicted octanol–water partition coefficient (Wildman–Crippen LogP) is 4.15. The molecule has 0 aromatic heterocycles. The highest BCUT2D eigenvalue weighted by Crippen LogP contribution is 2.33. The van der Waals surface area contributed by atoms with Crippen molar-refractivity contribution in [1.29, 1.82) is 0 Å². The number of nitrogens with one attached hydrogen (secondary N) is 1. The number of para-hydroxylation sites is 1. The first-order chi connectivity index (χ1) is 14.3. The van der Waals surface area contributed by atoms with Crippen LogP contribution in [0.15, 0.2) is 77.7 Å². The van der Waals surface area contributed by atoms with Gasteiger partial charge in [0, 0.05) is 5.69 Å². The number of amides is 1. The highest BCUT2D eigenvalue weighted by Gasteiger charge is 2.29. The lowest BCUT2D eigenvalue weighted by molar-refractivity contribution is -0.114. The highest BCUT2D eigenvalue weighted by atomic mass is 32.2. The molecule has 156 valence electrons. The SMILES string of the molecule is COc1ccc(C)cc1N(CC(=O)Nc1ccccc1C)S(=O)(=O)c1ccccc1. The number of carbonyl (C=O) groups is 1. The van der Waals surface area contributed by atoms with E-state index in [1.54, 1.807) is 36.4 Å². The van der Waals surface area contributed by atoms with Crippen molar-refractivity contribution in [2.24, 2.45) is 0 Å². The van der Waals surface area contributed by atoms with Crippen LogP contribution in [0, 0.1) is 13.8 Å². The molecule has 3 aromatic rings. The van der Waals surface area contributed by atoms with E-state index in [4.69, 9.17) is 4.74 Å². The van der Waals surface area contributed by atoms with E-state index in [0.717, 1.165) is 15.4 Å². The van der Waals surface area contributed by atoms with Gasteiger partial charge in [-0.1, -0.05) is 42.5 Å². The number of carbonyl (C=O) groups excluding carboxylic acids is 1. The van der Waals surface area contributed by atoms with Gasteiger partial charge in [-0.05, 0) is 55.3 Å². The molecule has 0 aliphatic heterocycles. The van der Waals surface area contributed by atoms with Gasteiger partial charge in [-0.15, -0.1) is 0 Å². The summed E-state index contributed by atoms with van der Waals surface area (Å²) < 4.78 is 33.4. The topological polar surface area (TPSA) is 75.7 Å². The monoisotopic (exact) mass is 424 g/mol. The first-order valence-corrected chi connectivity index (χ1v) is 10.8. The number of ether oxygens (including phenoxy) is 1. The number of anilines is 2. The maximum absolute atomic E-state index is 13.5. The summed E-state index contributed by atoms with van der Waals surface area (Å²) in [5.41, 5.74) is 2.67. The number of hydrogen-bond donors (Lipinski definition) is 1. The van der Waals surface area contributed by atoms with Crippen molar-refractivity contribution >= 4 is 27.3 Å². The molecule has 3 aromatic carbocycles. The maximum atomic E-state index is 13.5. The quantitative estimate of drug-likeness (QED) is 0.618. The van der Waals surface area contributed by atoms with Gasteiger partial charge in [-0.3, -0.25) is 9.10 Å². The molecule has 0 fully saturated rings. The van der Waals surface area contributed by atoms with Crippen LogP contribution < -0.4 is 14.4 Å². The Hall–Kier alpha value is -3.32. The summed E-state index contributed by atoms with van der Waals surface area (Å²) in [5, 5.41) is 2.80. The average Bonchev–Trinajstić information content (AvgIpc) is 2.74. The Morgan fingerprint density at radius 1 is 0.967 bits per heavy atom. The summed E-state index contributed by atoms with van der Waals surface area (Å²) in [6.07, 6.45) is 0. The van der Waals surface area contributed by atoms with Gasteiger partial charge in [-0.2, -0.15) is 0 Å². The zero-order valence-corrected chi connectivity index (χ0v) is 17.9.